The second-order valence-electron chi connectivity index (χ2n) is 10.2. The SMILES string of the molecule is Cc1cccc(S(=O)(=O)Nc2nc3ccccc3nc2Nc2ccc(C3c4ccccc4Oc4ccccc43)cc2)c1. The van der Waals surface area contributed by atoms with Crippen molar-refractivity contribution >= 4 is 38.4 Å². The Labute approximate surface area is 243 Å². The maximum absolute atomic E-state index is 13.3. The van der Waals surface area contributed by atoms with E-state index in [0.29, 0.717) is 16.9 Å². The van der Waals surface area contributed by atoms with Gasteiger partial charge in [-0.05, 0) is 66.6 Å². The van der Waals surface area contributed by atoms with Crippen LogP contribution < -0.4 is 14.8 Å². The summed E-state index contributed by atoms with van der Waals surface area (Å²) in [5, 5.41) is 3.29. The number of hydrogen-bond acceptors (Lipinski definition) is 6. The normalized spacial score (nSPS) is 12.7. The molecule has 0 saturated heterocycles. The molecule has 0 atom stereocenters. The summed E-state index contributed by atoms with van der Waals surface area (Å²) in [7, 11) is -3.90. The zero-order valence-electron chi connectivity index (χ0n) is 22.7. The zero-order chi connectivity index (χ0) is 28.7. The minimum atomic E-state index is -3.90. The van der Waals surface area contributed by atoms with Crippen molar-refractivity contribution < 1.29 is 13.2 Å². The Hall–Kier alpha value is -5.21. The van der Waals surface area contributed by atoms with Crippen LogP contribution in [0.15, 0.2) is 126 Å². The summed E-state index contributed by atoms with van der Waals surface area (Å²) in [6.07, 6.45) is 0. The molecule has 6 aromatic rings. The second kappa shape index (κ2) is 10.3. The van der Waals surface area contributed by atoms with Crippen LogP contribution in [0.2, 0.25) is 0 Å². The van der Waals surface area contributed by atoms with Crippen molar-refractivity contribution in [2.24, 2.45) is 0 Å². The fraction of sp³-hybridized carbons (Fsp3) is 0.0588. The van der Waals surface area contributed by atoms with Crippen molar-refractivity contribution in [3.63, 3.8) is 0 Å². The molecule has 42 heavy (non-hydrogen) atoms. The molecule has 0 bridgehead atoms. The molecule has 0 aliphatic carbocycles. The molecule has 1 aliphatic heterocycles. The number of benzene rings is 5. The smallest absolute Gasteiger partial charge is 0.263 e. The van der Waals surface area contributed by atoms with Gasteiger partial charge >= 0.3 is 0 Å². The molecular formula is C34H26N4O3S. The standard InChI is InChI=1S/C34H26N4O3S/c1-22-9-8-10-25(21-22)42(39,40)38-34-33(36-28-13-4-5-14-29(28)37-34)35-24-19-17-23(18-20-24)32-26-11-2-6-15-30(26)41-31-16-7-3-12-27(31)32/h2-21,32H,1H3,(H,35,36)(H,37,38). The quantitative estimate of drug-likeness (QED) is 0.212. The number of para-hydroxylation sites is 4. The Balaban J connectivity index is 1.24. The highest BCUT2D eigenvalue weighted by Crippen LogP contribution is 2.47. The first-order valence-corrected chi connectivity index (χ1v) is 15.0. The molecule has 0 unspecified atom stereocenters. The van der Waals surface area contributed by atoms with Crippen molar-refractivity contribution in [3.05, 3.63) is 144 Å². The van der Waals surface area contributed by atoms with Crippen LogP contribution in [0.4, 0.5) is 17.3 Å². The lowest BCUT2D eigenvalue weighted by Gasteiger charge is -2.28. The van der Waals surface area contributed by atoms with Crippen molar-refractivity contribution in [2.75, 3.05) is 10.0 Å². The number of rotatable bonds is 6. The van der Waals surface area contributed by atoms with E-state index in [1.807, 2.05) is 79.7 Å². The van der Waals surface area contributed by atoms with Crippen LogP contribution in [-0.4, -0.2) is 18.4 Å². The van der Waals surface area contributed by atoms with Crippen molar-refractivity contribution in [1.82, 2.24) is 9.97 Å². The van der Waals surface area contributed by atoms with E-state index in [4.69, 9.17) is 9.72 Å². The summed E-state index contributed by atoms with van der Waals surface area (Å²) < 4.78 is 35.4. The molecule has 2 N–H and O–H groups in total. The van der Waals surface area contributed by atoms with Gasteiger partial charge in [0.25, 0.3) is 10.0 Å². The van der Waals surface area contributed by atoms with Gasteiger partial charge in [-0.1, -0.05) is 72.8 Å². The molecule has 7 nitrogen and oxygen atoms in total. The summed E-state index contributed by atoms with van der Waals surface area (Å²) in [5.74, 6) is 2.13. The number of hydrogen-bond donors (Lipinski definition) is 2. The second-order valence-corrected chi connectivity index (χ2v) is 11.9. The predicted octanol–water partition coefficient (Wildman–Crippen LogP) is 7.77. The number of aryl methyl sites for hydroxylation is 1. The lowest BCUT2D eigenvalue weighted by Crippen LogP contribution is -2.16. The third-order valence-electron chi connectivity index (χ3n) is 7.29. The Kier molecular flexibility index (Phi) is 6.32. The van der Waals surface area contributed by atoms with Crippen molar-refractivity contribution in [1.29, 1.82) is 0 Å². The minimum Gasteiger partial charge on any atom is -0.457 e. The third kappa shape index (κ3) is 4.82. The maximum Gasteiger partial charge on any atom is 0.263 e. The Bertz CT molecular complexity index is 2020. The monoisotopic (exact) mass is 570 g/mol. The van der Waals surface area contributed by atoms with E-state index in [1.54, 1.807) is 24.3 Å². The molecule has 0 fully saturated rings. The van der Waals surface area contributed by atoms with Crippen LogP contribution in [0.1, 0.15) is 28.2 Å². The van der Waals surface area contributed by atoms with E-state index in [0.717, 1.165) is 39.4 Å². The first kappa shape index (κ1) is 25.7. The highest BCUT2D eigenvalue weighted by Gasteiger charge is 2.28. The largest absolute Gasteiger partial charge is 0.457 e. The summed E-state index contributed by atoms with van der Waals surface area (Å²) in [6.45, 7) is 1.85. The molecule has 7 rings (SSSR count). The predicted molar refractivity (Wildman–Crippen MR) is 165 cm³/mol. The Morgan fingerprint density at radius 2 is 1.26 bits per heavy atom. The van der Waals surface area contributed by atoms with Crippen LogP contribution in [0.25, 0.3) is 11.0 Å². The van der Waals surface area contributed by atoms with Crippen LogP contribution in [0.3, 0.4) is 0 Å². The Morgan fingerprint density at radius 3 is 1.90 bits per heavy atom. The van der Waals surface area contributed by atoms with Gasteiger partial charge in [0, 0.05) is 22.7 Å². The van der Waals surface area contributed by atoms with Crippen LogP contribution in [-0.2, 0) is 10.0 Å². The van der Waals surface area contributed by atoms with E-state index in [9.17, 15) is 8.42 Å². The first-order chi connectivity index (χ1) is 20.4. The summed E-state index contributed by atoms with van der Waals surface area (Å²) in [4.78, 5) is 9.49. The van der Waals surface area contributed by atoms with Gasteiger partial charge in [0.2, 0.25) is 0 Å². The first-order valence-electron chi connectivity index (χ1n) is 13.5. The number of sulfonamides is 1. The summed E-state index contributed by atoms with van der Waals surface area (Å²) in [6, 6.07) is 38.3. The van der Waals surface area contributed by atoms with E-state index >= 15 is 0 Å². The summed E-state index contributed by atoms with van der Waals surface area (Å²) in [5.41, 5.74) is 6.12. The molecule has 0 spiro atoms. The van der Waals surface area contributed by atoms with E-state index in [1.165, 1.54) is 0 Å². The molecule has 5 aromatic carbocycles. The molecule has 0 radical (unpaired) electrons. The number of ether oxygens (including phenoxy) is 1. The van der Waals surface area contributed by atoms with E-state index < -0.39 is 10.0 Å². The maximum atomic E-state index is 13.3. The number of aromatic nitrogens is 2. The molecular weight excluding hydrogens is 544 g/mol. The lowest BCUT2D eigenvalue weighted by atomic mass is 9.82. The minimum absolute atomic E-state index is 0.0114. The van der Waals surface area contributed by atoms with Gasteiger partial charge in [0.15, 0.2) is 11.6 Å². The number of fused-ring (bicyclic) bond motifs is 3. The summed E-state index contributed by atoms with van der Waals surface area (Å²) >= 11 is 0. The van der Waals surface area contributed by atoms with Crippen LogP contribution >= 0.6 is 0 Å². The molecule has 0 saturated carbocycles. The van der Waals surface area contributed by atoms with Crippen LogP contribution in [0, 0.1) is 6.92 Å². The average Bonchev–Trinajstić information content (AvgIpc) is 3.00. The van der Waals surface area contributed by atoms with Gasteiger partial charge in [0.1, 0.15) is 11.5 Å². The van der Waals surface area contributed by atoms with Crippen LogP contribution in [0.5, 0.6) is 11.5 Å². The molecule has 8 heteroatoms. The fourth-order valence-corrected chi connectivity index (χ4v) is 6.41. The number of nitrogens with one attached hydrogen (secondary N) is 2. The van der Waals surface area contributed by atoms with Gasteiger partial charge in [-0.2, -0.15) is 0 Å². The molecule has 2 heterocycles. The van der Waals surface area contributed by atoms with Crippen molar-refractivity contribution in [2.45, 2.75) is 17.7 Å². The Morgan fingerprint density at radius 1 is 0.667 bits per heavy atom. The van der Waals surface area contributed by atoms with E-state index in [-0.39, 0.29) is 16.6 Å². The average molecular weight is 571 g/mol. The third-order valence-corrected chi connectivity index (χ3v) is 8.62. The van der Waals surface area contributed by atoms with Gasteiger partial charge < -0.3 is 10.1 Å². The van der Waals surface area contributed by atoms with Gasteiger partial charge in [-0.3, -0.25) is 4.72 Å². The number of nitrogens with zero attached hydrogens (tertiary/aromatic N) is 2. The topological polar surface area (TPSA) is 93.2 Å². The van der Waals surface area contributed by atoms with Gasteiger partial charge in [0.05, 0.1) is 15.9 Å². The highest BCUT2D eigenvalue weighted by atomic mass is 32.2. The fourth-order valence-electron chi connectivity index (χ4n) is 5.29. The zero-order valence-corrected chi connectivity index (χ0v) is 23.5. The number of anilines is 3. The molecule has 1 aliphatic rings. The van der Waals surface area contributed by atoms with Crippen molar-refractivity contribution in [3.8, 4) is 11.5 Å². The van der Waals surface area contributed by atoms with Gasteiger partial charge in [-0.25, -0.2) is 18.4 Å². The molecule has 1 aromatic heterocycles. The lowest BCUT2D eigenvalue weighted by molar-refractivity contribution is 0.453. The molecule has 206 valence electrons. The molecule has 0 amide bonds. The van der Waals surface area contributed by atoms with E-state index in [2.05, 4.69) is 39.3 Å². The van der Waals surface area contributed by atoms with Gasteiger partial charge in [-0.15, -0.1) is 0 Å². The highest BCUT2D eigenvalue weighted by molar-refractivity contribution is 7.92.